The Labute approximate surface area is 256 Å². The lowest BCUT2D eigenvalue weighted by Gasteiger charge is -2.25. The van der Waals surface area contributed by atoms with E-state index in [1.165, 1.54) is 30.0 Å². The van der Waals surface area contributed by atoms with Gasteiger partial charge >= 0.3 is 17.8 Å². The fourth-order valence-electron chi connectivity index (χ4n) is 4.41. The molecule has 0 fully saturated rings. The molecule has 232 valence electrons. The first kappa shape index (κ1) is 32.5. The Morgan fingerprint density at radius 1 is 0.909 bits per heavy atom. The molecule has 2 atom stereocenters. The standard InChI is InChI=1S/C31H31F3N4O5S/c1-19(2)26(29(41)42)36-28(40)24(18-44-27(20-10-5-3-6-11-20)21-12-7-4-8-13-21)35-25(39)17-43-23-15-9-14-22(16-23)30(37-38-30)31(32,33)34/h3-16,19,24,26-27H,17-18H2,1-2H3,(H,35,39)(H,36,40)(H,41,42)/t24-,26+/m0/s1. The molecule has 0 aromatic heterocycles. The van der Waals surface area contributed by atoms with Crippen molar-refractivity contribution in [2.75, 3.05) is 12.4 Å². The van der Waals surface area contributed by atoms with E-state index in [0.29, 0.717) is 0 Å². The summed E-state index contributed by atoms with van der Waals surface area (Å²) in [4.78, 5) is 38.1. The van der Waals surface area contributed by atoms with Gasteiger partial charge < -0.3 is 20.5 Å². The first-order valence-corrected chi connectivity index (χ1v) is 14.7. The van der Waals surface area contributed by atoms with Gasteiger partial charge in [-0.2, -0.15) is 13.2 Å². The number of benzene rings is 3. The number of nitrogens with one attached hydrogen (secondary N) is 2. The maximum Gasteiger partial charge on any atom is 0.442 e. The van der Waals surface area contributed by atoms with Crippen LogP contribution in [0.3, 0.4) is 0 Å². The van der Waals surface area contributed by atoms with Crippen molar-refractivity contribution >= 4 is 29.5 Å². The monoisotopic (exact) mass is 628 g/mol. The summed E-state index contributed by atoms with van der Waals surface area (Å²) in [5.74, 6) is -3.02. The second kappa shape index (κ2) is 13.9. The van der Waals surface area contributed by atoms with Crippen molar-refractivity contribution in [1.29, 1.82) is 0 Å². The maximum atomic E-state index is 13.4. The number of nitrogens with zero attached hydrogens (tertiary/aromatic N) is 2. The first-order chi connectivity index (χ1) is 20.9. The zero-order chi connectivity index (χ0) is 31.9. The molecule has 9 nitrogen and oxygen atoms in total. The molecule has 1 heterocycles. The van der Waals surface area contributed by atoms with E-state index < -0.39 is 54.2 Å². The Bertz CT molecular complexity index is 1440. The minimum atomic E-state index is -4.72. The normalized spacial score (nSPS) is 15.0. The highest BCUT2D eigenvalue weighted by molar-refractivity contribution is 7.99. The molecular weight excluding hydrogens is 597 g/mol. The van der Waals surface area contributed by atoms with E-state index in [-0.39, 0.29) is 22.3 Å². The molecule has 0 radical (unpaired) electrons. The molecule has 3 aromatic carbocycles. The van der Waals surface area contributed by atoms with Gasteiger partial charge in [0.15, 0.2) is 6.61 Å². The molecule has 1 aliphatic rings. The third-order valence-corrected chi connectivity index (χ3v) is 8.22. The predicted molar refractivity (Wildman–Crippen MR) is 158 cm³/mol. The second-order valence-electron chi connectivity index (χ2n) is 10.4. The smallest absolute Gasteiger partial charge is 0.442 e. The summed E-state index contributed by atoms with van der Waals surface area (Å²) in [5.41, 5.74) is -0.958. The van der Waals surface area contributed by atoms with Gasteiger partial charge in [0.1, 0.15) is 17.8 Å². The van der Waals surface area contributed by atoms with E-state index in [0.717, 1.165) is 17.2 Å². The first-order valence-electron chi connectivity index (χ1n) is 13.7. The van der Waals surface area contributed by atoms with E-state index >= 15 is 0 Å². The molecule has 44 heavy (non-hydrogen) atoms. The number of amides is 2. The Morgan fingerprint density at radius 3 is 2.00 bits per heavy atom. The number of hydrogen-bond acceptors (Lipinski definition) is 7. The van der Waals surface area contributed by atoms with Crippen LogP contribution < -0.4 is 15.4 Å². The van der Waals surface area contributed by atoms with E-state index in [4.69, 9.17) is 4.74 Å². The Hall–Kier alpha value is -4.39. The van der Waals surface area contributed by atoms with Crippen LogP contribution in [-0.4, -0.2) is 53.5 Å². The third kappa shape index (κ3) is 7.95. The lowest BCUT2D eigenvalue weighted by molar-refractivity contribution is -0.166. The Kier molecular flexibility index (Phi) is 10.3. The van der Waals surface area contributed by atoms with E-state index in [2.05, 4.69) is 20.9 Å². The van der Waals surface area contributed by atoms with Gasteiger partial charge in [-0.25, -0.2) is 4.79 Å². The predicted octanol–water partition coefficient (Wildman–Crippen LogP) is 5.48. The van der Waals surface area contributed by atoms with Crippen LogP contribution in [0.5, 0.6) is 5.75 Å². The van der Waals surface area contributed by atoms with Gasteiger partial charge in [0, 0.05) is 11.3 Å². The number of hydrogen-bond donors (Lipinski definition) is 3. The van der Waals surface area contributed by atoms with Crippen LogP contribution in [0.2, 0.25) is 0 Å². The molecule has 0 saturated heterocycles. The molecule has 3 N–H and O–H groups in total. The SMILES string of the molecule is CC(C)[C@@H](NC(=O)[C@H](CSC(c1ccccc1)c1ccccc1)NC(=O)COc1cccc(C2(C(F)(F)F)N=N2)c1)C(=O)O. The van der Waals surface area contributed by atoms with E-state index in [9.17, 15) is 32.7 Å². The molecule has 0 saturated carbocycles. The summed E-state index contributed by atoms with van der Waals surface area (Å²) in [6.07, 6.45) is -4.72. The number of aliphatic carboxylic acids is 1. The molecule has 2 amide bonds. The molecule has 1 aliphatic heterocycles. The molecule has 4 rings (SSSR count). The summed E-state index contributed by atoms with van der Waals surface area (Å²) in [6, 6.07) is 21.8. The topological polar surface area (TPSA) is 129 Å². The van der Waals surface area contributed by atoms with Gasteiger partial charge in [0.25, 0.3) is 5.91 Å². The van der Waals surface area contributed by atoms with Gasteiger partial charge in [0.05, 0.1) is 5.25 Å². The number of halogens is 3. The summed E-state index contributed by atoms with van der Waals surface area (Å²) in [5, 5.41) is 20.9. The summed E-state index contributed by atoms with van der Waals surface area (Å²) < 4.78 is 45.7. The van der Waals surface area contributed by atoms with E-state index in [1.807, 2.05) is 60.7 Å². The Morgan fingerprint density at radius 2 is 1.50 bits per heavy atom. The molecule has 0 unspecified atom stereocenters. The van der Waals surface area contributed by atoms with Crippen LogP contribution in [0, 0.1) is 5.92 Å². The number of carbonyl (C=O) groups is 3. The van der Waals surface area contributed by atoms with Gasteiger partial charge in [-0.1, -0.05) is 86.6 Å². The average Bonchev–Trinajstić information content (AvgIpc) is 3.82. The average molecular weight is 629 g/mol. The van der Waals surface area contributed by atoms with Crippen molar-refractivity contribution in [3.8, 4) is 5.75 Å². The van der Waals surface area contributed by atoms with Gasteiger partial charge in [0.2, 0.25) is 5.91 Å². The number of ether oxygens (including phenoxy) is 1. The number of carboxylic acids is 1. The van der Waals surface area contributed by atoms with Crippen molar-refractivity contribution in [2.24, 2.45) is 16.1 Å². The van der Waals surface area contributed by atoms with Crippen LogP contribution in [0.25, 0.3) is 0 Å². The highest BCUT2D eigenvalue weighted by atomic mass is 32.2. The highest BCUT2D eigenvalue weighted by Gasteiger charge is 2.65. The fraction of sp³-hybridized carbons (Fsp3) is 0.323. The van der Waals surface area contributed by atoms with Gasteiger partial charge in [-0.15, -0.1) is 22.0 Å². The lowest BCUT2D eigenvalue weighted by Crippen LogP contribution is -2.54. The zero-order valence-corrected chi connectivity index (χ0v) is 24.6. The maximum absolute atomic E-state index is 13.4. The molecule has 0 spiro atoms. The third-order valence-electron chi connectivity index (χ3n) is 6.82. The van der Waals surface area contributed by atoms with Crippen LogP contribution >= 0.6 is 11.8 Å². The van der Waals surface area contributed by atoms with Crippen LogP contribution in [0.4, 0.5) is 13.2 Å². The number of carboxylic acid groups (broad SMARTS) is 1. The van der Waals surface area contributed by atoms with Gasteiger partial charge in [-0.05, 0) is 29.2 Å². The minimum absolute atomic E-state index is 0.0204. The number of carbonyl (C=O) groups excluding carboxylic acids is 2. The van der Waals surface area contributed by atoms with Crippen LogP contribution in [-0.2, 0) is 20.0 Å². The van der Waals surface area contributed by atoms with Crippen molar-refractivity contribution in [2.45, 2.75) is 43.0 Å². The molecule has 0 bridgehead atoms. The largest absolute Gasteiger partial charge is 0.484 e. The lowest BCUT2D eigenvalue weighted by atomic mass is 10.0. The van der Waals surface area contributed by atoms with Gasteiger partial charge in [-0.3, -0.25) is 9.59 Å². The van der Waals surface area contributed by atoms with Crippen LogP contribution in [0.1, 0.15) is 35.8 Å². The Balaban J connectivity index is 1.49. The highest BCUT2D eigenvalue weighted by Crippen LogP contribution is 2.52. The van der Waals surface area contributed by atoms with Crippen molar-refractivity contribution in [1.82, 2.24) is 10.6 Å². The summed E-state index contributed by atoms with van der Waals surface area (Å²) >= 11 is 1.39. The number of rotatable bonds is 14. The fourth-order valence-corrected chi connectivity index (χ4v) is 5.73. The zero-order valence-electron chi connectivity index (χ0n) is 23.8. The van der Waals surface area contributed by atoms with Crippen molar-refractivity contribution < 1.29 is 37.4 Å². The molecular formula is C31H31F3N4O5S. The van der Waals surface area contributed by atoms with E-state index in [1.54, 1.807) is 13.8 Å². The quantitative estimate of drug-likeness (QED) is 0.217. The van der Waals surface area contributed by atoms with Crippen LogP contribution in [0.15, 0.2) is 95.2 Å². The number of alkyl halides is 3. The van der Waals surface area contributed by atoms with Crippen molar-refractivity contribution in [3.05, 3.63) is 102 Å². The molecule has 3 aromatic rings. The molecule has 13 heteroatoms. The second-order valence-corrected chi connectivity index (χ2v) is 11.5. The summed E-state index contributed by atoms with van der Waals surface area (Å²) in [7, 11) is 0. The number of thioether (sulfide) groups is 1. The molecule has 0 aliphatic carbocycles. The summed E-state index contributed by atoms with van der Waals surface area (Å²) in [6.45, 7) is 2.68. The van der Waals surface area contributed by atoms with Crippen molar-refractivity contribution in [3.63, 3.8) is 0 Å². The minimum Gasteiger partial charge on any atom is -0.484 e.